The number of rotatable bonds is 3. The van der Waals surface area contributed by atoms with Crippen molar-refractivity contribution in [2.24, 2.45) is 0 Å². The van der Waals surface area contributed by atoms with E-state index in [0.717, 1.165) is 19.3 Å². The number of fused-ring (bicyclic) bond motifs is 1. The Labute approximate surface area is 149 Å². The maximum atomic E-state index is 12.7. The third-order valence-corrected chi connectivity index (χ3v) is 4.88. The van der Waals surface area contributed by atoms with Crippen molar-refractivity contribution in [1.29, 1.82) is 0 Å². The zero-order valence-corrected chi connectivity index (χ0v) is 15.0. The van der Waals surface area contributed by atoms with Crippen molar-refractivity contribution in [2.45, 2.75) is 51.2 Å². The molecule has 1 aliphatic carbocycles. The highest BCUT2D eigenvalue weighted by Crippen LogP contribution is 2.29. The number of nitrogens with zero attached hydrogens (tertiary/aromatic N) is 1. The fourth-order valence-electron chi connectivity index (χ4n) is 3.62. The van der Waals surface area contributed by atoms with Gasteiger partial charge >= 0.3 is 6.03 Å². The molecular formula is C19H28N4O2. The van der Waals surface area contributed by atoms with E-state index in [0.29, 0.717) is 19.6 Å². The fourth-order valence-corrected chi connectivity index (χ4v) is 3.62. The zero-order valence-electron chi connectivity index (χ0n) is 15.0. The first-order valence-corrected chi connectivity index (χ1v) is 9.21. The van der Waals surface area contributed by atoms with E-state index in [4.69, 9.17) is 0 Å². The van der Waals surface area contributed by atoms with Gasteiger partial charge in [0.1, 0.15) is 6.04 Å². The number of aryl methyl sites for hydroxylation is 1. The van der Waals surface area contributed by atoms with E-state index >= 15 is 0 Å². The molecule has 1 aromatic carbocycles. The average Bonchev–Trinajstić information content (AvgIpc) is 2.61. The number of carbonyl (C=O) groups excluding carboxylic acids is 2. The summed E-state index contributed by atoms with van der Waals surface area (Å²) in [5.41, 5.74) is 2.56. The van der Waals surface area contributed by atoms with Crippen LogP contribution in [0, 0.1) is 0 Å². The van der Waals surface area contributed by atoms with Gasteiger partial charge in [-0.25, -0.2) is 4.79 Å². The van der Waals surface area contributed by atoms with Crippen LogP contribution in [-0.4, -0.2) is 48.6 Å². The van der Waals surface area contributed by atoms with Crippen LogP contribution < -0.4 is 16.0 Å². The van der Waals surface area contributed by atoms with E-state index in [2.05, 4.69) is 34.1 Å². The predicted molar refractivity (Wildman–Crippen MR) is 97.3 cm³/mol. The van der Waals surface area contributed by atoms with E-state index in [-0.39, 0.29) is 30.1 Å². The molecule has 1 heterocycles. The maximum Gasteiger partial charge on any atom is 0.317 e. The largest absolute Gasteiger partial charge is 0.348 e. The Morgan fingerprint density at radius 2 is 2.08 bits per heavy atom. The Bertz CT molecular complexity index is 632. The minimum atomic E-state index is -0.360. The quantitative estimate of drug-likeness (QED) is 0.779. The molecule has 6 heteroatoms. The molecule has 3 rings (SSSR count). The first kappa shape index (κ1) is 17.7. The molecule has 0 bridgehead atoms. The number of benzene rings is 1. The second kappa shape index (κ2) is 7.87. The lowest BCUT2D eigenvalue weighted by Crippen LogP contribution is -2.60. The first-order valence-electron chi connectivity index (χ1n) is 9.21. The number of hydrogen-bond donors (Lipinski definition) is 3. The van der Waals surface area contributed by atoms with Gasteiger partial charge < -0.3 is 20.9 Å². The van der Waals surface area contributed by atoms with Crippen molar-refractivity contribution in [3.05, 3.63) is 35.4 Å². The third kappa shape index (κ3) is 4.31. The second-order valence-electron chi connectivity index (χ2n) is 7.21. The molecule has 1 aliphatic heterocycles. The molecule has 2 atom stereocenters. The van der Waals surface area contributed by atoms with Crippen LogP contribution in [0.25, 0.3) is 0 Å². The van der Waals surface area contributed by atoms with Crippen LogP contribution in [0.4, 0.5) is 4.79 Å². The van der Waals surface area contributed by atoms with Gasteiger partial charge in [0.15, 0.2) is 0 Å². The molecule has 1 aromatic rings. The minimum Gasteiger partial charge on any atom is -0.348 e. The van der Waals surface area contributed by atoms with Gasteiger partial charge in [-0.2, -0.15) is 0 Å². The number of nitrogens with one attached hydrogen (secondary N) is 3. The van der Waals surface area contributed by atoms with Crippen molar-refractivity contribution in [1.82, 2.24) is 20.9 Å². The summed E-state index contributed by atoms with van der Waals surface area (Å²) in [7, 11) is 0. The van der Waals surface area contributed by atoms with Gasteiger partial charge in [-0.05, 0) is 44.2 Å². The lowest BCUT2D eigenvalue weighted by molar-refractivity contribution is -0.124. The van der Waals surface area contributed by atoms with Crippen molar-refractivity contribution >= 4 is 11.9 Å². The van der Waals surface area contributed by atoms with E-state index in [1.807, 2.05) is 19.9 Å². The number of piperazine rings is 1. The van der Waals surface area contributed by atoms with Gasteiger partial charge in [-0.3, -0.25) is 4.79 Å². The summed E-state index contributed by atoms with van der Waals surface area (Å²) in [5, 5.41) is 9.32. The molecule has 3 N–H and O–H groups in total. The van der Waals surface area contributed by atoms with Crippen LogP contribution in [0.5, 0.6) is 0 Å². The van der Waals surface area contributed by atoms with Gasteiger partial charge in [0.2, 0.25) is 5.91 Å². The molecule has 0 spiro atoms. The summed E-state index contributed by atoms with van der Waals surface area (Å²) in [6.07, 6.45) is 3.13. The molecule has 2 aliphatic rings. The Morgan fingerprint density at radius 1 is 1.28 bits per heavy atom. The van der Waals surface area contributed by atoms with Gasteiger partial charge in [0.25, 0.3) is 0 Å². The van der Waals surface area contributed by atoms with Crippen LogP contribution >= 0.6 is 0 Å². The Kier molecular flexibility index (Phi) is 5.58. The molecule has 2 unspecified atom stereocenters. The smallest absolute Gasteiger partial charge is 0.317 e. The molecule has 1 saturated heterocycles. The predicted octanol–water partition coefficient (Wildman–Crippen LogP) is 1.57. The van der Waals surface area contributed by atoms with Crippen molar-refractivity contribution in [3.8, 4) is 0 Å². The fraction of sp³-hybridized carbons (Fsp3) is 0.579. The molecule has 1 fully saturated rings. The van der Waals surface area contributed by atoms with E-state index in [1.54, 1.807) is 4.90 Å². The average molecular weight is 344 g/mol. The lowest BCUT2D eigenvalue weighted by Gasteiger charge is -2.35. The van der Waals surface area contributed by atoms with Crippen LogP contribution in [-0.2, 0) is 11.2 Å². The SMILES string of the molecule is CC(C)NC(=O)N1CCNC(C(=O)NC2CCCc3ccccc32)C1. The molecule has 6 nitrogen and oxygen atoms in total. The summed E-state index contributed by atoms with van der Waals surface area (Å²) in [5.74, 6) is -0.0243. The highest BCUT2D eigenvalue weighted by molar-refractivity contribution is 5.84. The molecule has 3 amide bonds. The molecule has 0 radical (unpaired) electrons. The highest BCUT2D eigenvalue weighted by Gasteiger charge is 2.30. The van der Waals surface area contributed by atoms with Gasteiger partial charge in [-0.15, -0.1) is 0 Å². The van der Waals surface area contributed by atoms with E-state index in [1.165, 1.54) is 11.1 Å². The molecular weight excluding hydrogens is 316 g/mol. The Balaban J connectivity index is 1.61. The normalized spacial score (nSPS) is 23.1. The minimum absolute atomic E-state index is 0.0243. The van der Waals surface area contributed by atoms with Crippen LogP contribution in [0.2, 0.25) is 0 Å². The van der Waals surface area contributed by atoms with Crippen molar-refractivity contribution in [2.75, 3.05) is 19.6 Å². The molecule has 25 heavy (non-hydrogen) atoms. The Morgan fingerprint density at radius 3 is 2.88 bits per heavy atom. The third-order valence-electron chi connectivity index (χ3n) is 4.88. The second-order valence-corrected chi connectivity index (χ2v) is 7.21. The summed E-state index contributed by atoms with van der Waals surface area (Å²) >= 11 is 0. The molecule has 0 aromatic heterocycles. The van der Waals surface area contributed by atoms with Gasteiger partial charge in [-0.1, -0.05) is 24.3 Å². The van der Waals surface area contributed by atoms with Crippen LogP contribution in [0.1, 0.15) is 43.9 Å². The highest BCUT2D eigenvalue weighted by atomic mass is 16.2. The van der Waals surface area contributed by atoms with Crippen molar-refractivity contribution < 1.29 is 9.59 Å². The standard InChI is InChI=1S/C19H28N4O2/c1-13(2)21-19(25)23-11-10-20-17(12-23)18(24)22-16-9-5-7-14-6-3-4-8-15(14)16/h3-4,6,8,13,16-17,20H,5,7,9-12H2,1-2H3,(H,21,25)(H,22,24). The van der Waals surface area contributed by atoms with Crippen LogP contribution in [0.15, 0.2) is 24.3 Å². The number of urea groups is 1. The van der Waals surface area contributed by atoms with Crippen LogP contribution in [0.3, 0.4) is 0 Å². The van der Waals surface area contributed by atoms with Crippen molar-refractivity contribution in [3.63, 3.8) is 0 Å². The topological polar surface area (TPSA) is 73.5 Å². The number of carbonyl (C=O) groups is 2. The summed E-state index contributed by atoms with van der Waals surface area (Å²) in [4.78, 5) is 26.6. The number of hydrogen-bond acceptors (Lipinski definition) is 3. The molecule has 136 valence electrons. The summed E-state index contributed by atoms with van der Waals surface area (Å²) in [6, 6.07) is 8.03. The Hall–Kier alpha value is -2.08. The van der Waals surface area contributed by atoms with Gasteiger partial charge in [0.05, 0.1) is 6.04 Å². The van der Waals surface area contributed by atoms with E-state index in [9.17, 15) is 9.59 Å². The lowest BCUT2D eigenvalue weighted by atomic mass is 9.87. The zero-order chi connectivity index (χ0) is 17.8. The molecule has 0 saturated carbocycles. The maximum absolute atomic E-state index is 12.7. The summed E-state index contributed by atoms with van der Waals surface area (Å²) < 4.78 is 0. The first-order chi connectivity index (χ1) is 12.0. The number of amides is 3. The summed E-state index contributed by atoms with van der Waals surface area (Å²) in [6.45, 7) is 5.52. The van der Waals surface area contributed by atoms with Gasteiger partial charge in [0, 0.05) is 25.7 Å². The van der Waals surface area contributed by atoms with E-state index < -0.39 is 0 Å². The monoisotopic (exact) mass is 344 g/mol.